The predicted molar refractivity (Wildman–Crippen MR) is 323 cm³/mol. The molecule has 0 bridgehead atoms. The predicted octanol–water partition coefficient (Wildman–Crippen LogP) is 12.6. The molecule has 0 spiro atoms. The van der Waals surface area contributed by atoms with Crippen LogP contribution in [-0.2, 0) is 23.7 Å². The Hall–Kier alpha value is -1.79. The lowest BCUT2D eigenvalue weighted by atomic mass is 9.97. The second-order valence-corrected chi connectivity index (χ2v) is 23.6. The Bertz CT molecular complexity index is 1480. The highest BCUT2D eigenvalue weighted by Gasteiger charge is 2.51. The van der Waals surface area contributed by atoms with Gasteiger partial charge in [-0.2, -0.15) is 0 Å². The van der Waals surface area contributed by atoms with Crippen LogP contribution in [0.15, 0.2) is 36.5 Å². The number of hydrogen-bond donors (Lipinski definition) is 9. The van der Waals surface area contributed by atoms with E-state index in [0.29, 0.717) is 6.42 Å². The summed E-state index contributed by atoms with van der Waals surface area (Å²) in [4.78, 5) is 13.1. The summed E-state index contributed by atoms with van der Waals surface area (Å²) in [6.45, 7) is 2.67. The molecular formula is C66H123NO13. The maximum absolute atomic E-state index is 13.1. The van der Waals surface area contributed by atoms with Gasteiger partial charge in [0.15, 0.2) is 12.6 Å². The Balaban J connectivity index is 1.43. The van der Waals surface area contributed by atoms with Gasteiger partial charge in [0.25, 0.3) is 0 Å². The average molecular weight is 1140 g/mol. The lowest BCUT2D eigenvalue weighted by molar-refractivity contribution is -0.359. The highest BCUT2D eigenvalue weighted by Crippen LogP contribution is 2.30. The Labute approximate surface area is 487 Å². The summed E-state index contributed by atoms with van der Waals surface area (Å²) in [7, 11) is 0. The summed E-state index contributed by atoms with van der Waals surface area (Å²) in [6.07, 6.45) is 49.0. The van der Waals surface area contributed by atoms with Crippen LogP contribution in [0.2, 0.25) is 0 Å². The van der Waals surface area contributed by atoms with E-state index in [0.717, 1.165) is 51.4 Å². The van der Waals surface area contributed by atoms with Gasteiger partial charge in [0, 0.05) is 6.42 Å². The van der Waals surface area contributed by atoms with Crippen LogP contribution in [-0.4, -0.2) is 140 Å². The Morgan fingerprint density at radius 3 is 1.27 bits per heavy atom. The molecule has 0 saturated carbocycles. The quantitative estimate of drug-likeness (QED) is 0.0204. The van der Waals surface area contributed by atoms with Crippen molar-refractivity contribution in [1.82, 2.24) is 5.32 Å². The number of aliphatic hydroxyl groups is 8. The number of hydrogen-bond acceptors (Lipinski definition) is 13. The van der Waals surface area contributed by atoms with Crippen molar-refractivity contribution in [2.24, 2.45) is 0 Å². The molecule has 9 N–H and O–H groups in total. The van der Waals surface area contributed by atoms with Crippen LogP contribution >= 0.6 is 0 Å². The molecule has 12 unspecified atom stereocenters. The highest BCUT2D eigenvalue weighted by atomic mass is 16.7. The molecule has 2 heterocycles. The Kier molecular flexibility index (Phi) is 47.9. The van der Waals surface area contributed by atoms with Gasteiger partial charge in [-0.05, 0) is 51.4 Å². The van der Waals surface area contributed by atoms with Crippen molar-refractivity contribution in [3.8, 4) is 0 Å². The minimum absolute atomic E-state index is 0.242. The minimum atomic E-state index is -1.78. The normalized spacial score (nSPS) is 24.4. The first kappa shape index (κ1) is 74.3. The van der Waals surface area contributed by atoms with E-state index in [4.69, 9.17) is 18.9 Å². The van der Waals surface area contributed by atoms with E-state index < -0.39 is 86.8 Å². The van der Waals surface area contributed by atoms with E-state index in [1.54, 1.807) is 6.08 Å². The van der Waals surface area contributed by atoms with E-state index in [-0.39, 0.29) is 18.9 Å². The zero-order valence-corrected chi connectivity index (χ0v) is 50.8. The first-order valence-electron chi connectivity index (χ1n) is 33.2. The summed E-state index contributed by atoms with van der Waals surface area (Å²) in [5.41, 5.74) is 0. The van der Waals surface area contributed by atoms with Crippen LogP contribution in [0.3, 0.4) is 0 Å². The van der Waals surface area contributed by atoms with Gasteiger partial charge in [0.2, 0.25) is 5.91 Å². The number of carbonyl (C=O) groups excluding carboxylic acids is 1. The van der Waals surface area contributed by atoms with Crippen LogP contribution in [0.25, 0.3) is 0 Å². The van der Waals surface area contributed by atoms with Crippen molar-refractivity contribution in [2.75, 3.05) is 19.8 Å². The van der Waals surface area contributed by atoms with Crippen molar-refractivity contribution >= 4 is 5.91 Å². The molecule has 0 aromatic rings. The number of amides is 1. The molecule has 1 amide bonds. The van der Waals surface area contributed by atoms with E-state index in [9.17, 15) is 45.6 Å². The zero-order chi connectivity index (χ0) is 58.1. The van der Waals surface area contributed by atoms with E-state index in [1.165, 1.54) is 205 Å². The molecule has 2 rings (SSSR count). The maximum Gasteiger partial charge on any atom is 0.220 e. The molecule has 2 fully saturated rings. The number of unbranched alkanes of at least 4 members (excludes halogenated alkanes) is 37. The molecule has 2 saturated heterocycles. The Morgan fingerprint density at radius 1 is 0.450 bits per heavy atom. The maximum atomic E-state index is 13.1. The molecule has 14 nitrogen and oxygen atoms in total. The SMILES string of the molecule is CCCCC/C=C/C(O)C(COC1OC(CO)C(OC2OC(CO)C(O)C(O)C2O)C(O)C1O)NC(=O)CCCCCCCCCCCCCCCCCCCCCCCCCCCCCCC/C=C\C/C=C\CCCCCCC. The fourth-order valence-corrected chi connectivity index (χ4v) is 11.0. The van der Waals surface area contributed by atoms with Gasteiger partial charge in [0.1, 0.15) is 48.8 Å². The molecule has 2 aliphatic heterocycles. The number of nitrogens with one attached hydrogen (secondary N) is 1. The van der Waals surface area contributed by atoms with E-state index >= 15 is 0 Å². The minimum Gasteiger partial charge on any atom is -0.394 e. The molecule has 0 aliphatic carbocycles. The van der Waals surface area contributed by atoms with Crippen LogP contribution in [0.4, 0.5) is 0 Å². The van der Waals surface area contributed by atoms with E-state index in [2.05, 4.69) is 43.5 Å². The molecule has 0 aromatic carbocycles. The average Bonchev–Trinajstić information content (AvgIpc) is 3.49. The van der Waals surface area contributed by atoms with Crippen molar-refractivity contribution in [3.05, 3.63) is 36.5 Å². The van der Waals surface area contributed by atoms with Gasteiger partial charge in [-0.1, -0.05) is 262 Å². The first-order chi connectivity index (χ1) is 39.1. The molecular weight excluding hydrogens is 1010 g/mol. The van der Waals surface area contributed by atoms with Crippen molar-refractivity contribution in [2.45, 2.75) is 357 Å². The second kappa shape index (κ2) is 51.6. The fraction of sp³-hybridized carbons (Fsp3) is 0.894. The summed E-state index contributed by atoms with van der Waals surface area (Å²) in [6, 6.07) is -0.908. The summed E-state index contributed by atoms with van der Waals surface area (Å²) < 4.78 is 22.6. The zero-order valence-electron chi connectivity index (χ0n) is 50.8. The highest BCUT2D eigenvalue weighted by molar-refractivity contribution is 5.76. The number of rotatable bonds is 54. The van der Waals surface area contributed by atoms with Gasteiger partial charge in [-0.15, -0.1) is 0 Å². The number of carbonyl (C=O) groups is 1. The van der Waals surface area contributed by atoms with Crippen molar-refractivity contribution in [1.29, 1.82) is 0 Å². The van der Waals surface area contributed by atoms with Crippen molar-refractivity contribution < 1.29 is 64.6 Å². The fourth-order valence-electron chi connectivity index (χ4n) is 11.0. The first-order valence-corrected chi connectivity index (χ1v) is 33.2. The summed E-state index contributed by atoms with van der Waals surface area (Å²) in [5, 5.41) is 86.4. The van der Waals surface area contributed by atoms with Crippen molar-refractivity contribution in [3.63, 3.8) is 0 Å². The molecule has 470 valence electrons. The number of allylic oxidation sites excluding steroid dienone is 5. The lowest BCUT2D eigenvalue weighted by Gasteiger charge is -2.46. The third-order valence-electron chi connectivity index (χ3n) is 16.3. The monoisotopic (exact) mass is 1140 g/mol. The molecule has 0 aromatic heterocycles. The van der Waals surface area contributed by atoms with Gasteiger partial charge in [-0.3, -0.25) is 4.79 Å². The molecule has 12 atom stereocenters. The second-order valence-electron chi connectivity index (χ2n) is 23.6. The Morgan fingerprint density at radius 2 is 0.825 bits per heavy atom. The summed E-state index contributed by atoms with van der Waals surface area (Å²) in [5.74, 6) is -0.242. The smallest absolute Gasteiger partial charge is 0.220 e. The topological polar surface area (TPSA) is 228 Å². The third-order valence-corrected chi connectivity index (χ3v) is 16.3. The third kappa shape index (κ3) is 36.1. The molecule has 0 radical (unpaired) electrons. The van der Waals surface area contributed by atoms with Gasteiger partial charge >= 0.3 is 0 Å². The van der Waals surface area contributed by atoms with Crippen LogP contribution in [0.5, 0.6) is 0 Å². The largest absolute Gasteiger partial charge is 0.394 e. The van der Waals surface area contributed by atoms with Gasteiger partial charge < -0.3 is 65.1 Å². The molecule has 80 heavy (non-hydrogen) atoms. The van der Waals surface area contributed by atoms with Gasteiger partial charge in [-0.25, -0.2) is 0 Å². The van der Waals surface area contributed by atoms with E-state index in [1.807, 2.05) is 6.08 Å². The molecule has 2 aliphatic rings. The van der Waals surface area contributed by atoms with Crippen LogP contribution in [0, 0.1) is 0 Å². The van der Waals surface area contributed by atoms with Gasteiger partial charge in [0.05, 0.1) is 32.0 Å². The van der Waals surface area contributed by atoms with Crippen LogP contribution < -0.4 is 5.32 Å². The standard InChI is InChI=1S/C66H123NO13/c1-3-5-7-9-10-11-12-13-14-15-16-17-18-19-20-21-22-23-24-25-26-27-28-29-30-31-32-33-34-35-36-37-38-39-40-41-42-43-44-46-48-50-58(71)67-54(55(70)49-47-45-8-6-4-2)53-77-65-63(76)61(74)64(57(52-69)79-65)80-66-62(75)60(73)59(72)56(51-68)78-66/h12-13,15-16,47,49,54-57,59-66,68-70,72-76H,3-11,14,17-46,48,50-53H2,1-2H3,(H,67,71)/b13-12-,16-15-,49-47+. The number of aliphatic hydroxyl groups excluding tert-OH is 8. The lowest BCUT2D eigenvalue weighted by Crippen LogP contribution is -2.65. The molecule has 14 heteroatoms. The number of ether oxygens (including phenoxy) is 4. The summed E-state index contributed by atoms with van der Waals surface area (Å²) >= 11 is 0. The van der Waals surface area contributed by atoms with Crippen LogP contribution in [0.1, 0.15) is 284 Å².